The molecule has 1 aliphatic rings. The second-order valence-corrected chi connectivity index (χ2v) is 4.30. The van der Waals surface area contributed by atoms with Gasteiger partial charge in [-0.3, -0.25) is 4.79 Å². The van der Waals surface area contributed by atoms with Crippen molar-refractivity contribution in [1.82, 2.24) is 15.0 Å². The number of Topliss-reactive ketones (excluding diaryl/α,β-unsaturated/α-hetero) is 1. The fourth-order valence-corrected chi connectivity index (χ4v) is 2.31. The number of aryl methyl sites for hydroxylation is 1. The molecule has 2 rings (SSSR count). The van der Waals surface area contributed by atoms with Crippen LogP contribution in [0.5, 0.6) is 0 Å². The molecule has 18 heavy (non-hydrogen) atoms. The average Bonchev–Trinajstić information content (AvgIpc) is 2.87. The molecule has 6 nitrogen and oxygen atoms in total. The van der Waals surface area contributed by atoms with Gasteiger partial charge in [-0.2, -0.15) is 0 Å². The lowest BCUT2D eigenvalue weighted by Crippen LogP contribution is -2.47. The second-order valence-electron chi connectivity index (χ2n) is 4.30. The first-order chi connectivity index (χ1) is 8.73. The minimum atomic E-state index is -0.762. The Hall–Kier alpha value is -1.27. The van der Waals surface area contributed by atoms with E-state index >= 15 is 0 Å². The number of carbonyl (C=O) groups excluding carboxylic acids is 1. The van der Waals surface area contributed by atoms with Gasteiger partial charge in [0.15, 0.2) is 0 Å². The molecule has 1 saturated heterocycles. The Morgan fingerprint density at radius 3 is 2.83 bits per heavy atom. The van der Waals surface area contributed by atoms with Gasteiger partial charge in [0.1, 0.15) is 11.3 Å². The van der Waals surface area contributed by atoms with E-state index in [1.807, 2.05) is 13.8 Å². The summed E-state index contributed by atoms with van der Waals surface area (Å²) >= 11 is 0. The van der Waals surface area contributed by atoms with E-state index in [9.17, 15) is 4.79 Å². The fraction of sp³-hybridized carbons (Fsp3) is 0.750. The molecule has 6 heteroatoms. The fourth-order valence-electron chi connectivity index (χ4n) is 2.31. The van der Waals surface area contributed by atoms with Crippen LogP contribution in [-0.4, -0.2) is 46.2 Å². The standard InChI is InChI=1S/C12H19N3O3/c1-3-15-10(9-13-14-15)11(16)12(18-4-2)5-7-17-8-6-12/h9H,3-8H2,1-2H3. The van der Waals surface area contributed by atoms with Crippen LogP contribution in [0.15, 0.2) is 6.20 Å². The second kappa shape index (κ2) is 5.58. The highest BCUT2D eigenvalue weighted by Crippen LogP contribution is 2.29. The SMILES string of the molecule is CCOC1(C(=O)c2cnnn2CC)CCOCC1. The summed E-state index contributed by atoms with van der Waals surface area (Å²) in [6.45, 7) is 6.08. The predicted molar refractivity (Wildman–Crippen MR) is 64.4 cm³/mol. The van der Waals surface area contributed by atoms with E-state index in [4.69, 9.17) is 9.47 Å². The van der Waals surface area contributed by atoms with E-state index in [-0.39, 0.29) is 5.78 Å². The van der Waals surface area contributed by atoms with Crippen LogP contribution in [0.3, 0.4) is 0 Å². The van der Waals surface area contributed by atoms with Gasteiger partial charge in [-0.05, 0) is 13.8 Å². The van der Waals surface area contributed by atoms with Crippen LogP contribution in [0, 0.1) is 0 Å². The van der Waals surface area contributed by atoms with E-state index in [0.29, 0.717) is 44.9 Å². The molecule has 1 aromatic rings. The van der Waals surface area contributed by atoms with E-state index in [1.54, 1.807) is 4.68 Å². The number of ether oxygens (including phenoxy) is 2. The lowest BCUT2D eigenvalue weighted by atomic mass is 9.87. The molecule has 100 valence electrons. The number of ketones is 1. The summed E-state index contributed by atoms with van der Waals surface area (Å²) in [5.41, 5.74) is -0.241. The molecule has 0 N–H and O–H groups in total. The molecule has 0 bridgehead atoms. The molecule has 0 unspecified atom stereocenters. The van der Waals surface area contributed by atoms with Crippen molar-refractivity contribution in [2.24, 2.45) is 0 Å². The number of carbonyl (C=O) groups is 1. The monoisotopic (exact) mass is 253 g/mol. The Labute approximate surface area is 106 Å². The van der Waals surface area contributed by atoms with Crippen molar-refractivity contribution in [3.63, 3.8) is 0 Å². The Morgan fingerprint density at radius 1 is 1.50 bits per heavy atom. The van der Waals surface area contributed by atoms with E-state index < -0.39 is 5.60 Å². The number of rotatable bonds is 5. The first-order valence-corrected chi connectivity index (χ1v) is 6.38. The molecular formula is C12H19N3O3. The van der Waals surface area contributed by atoms with Crippen molar-refractivity contribution in [1.29, 1.82) is 0 Å². The number of hydrogen-bond donors (Lipinski definition) is 0. The van der Waals surface area contributed by atoms with Crippen LogP contribution in [0.25, 0.3) is 0 Å². The normalized spacial score (nSPS) is 18.8. The molecule has 0 saturated carbocycles. The molecule has 0 aromatic carbocycles. The van der Waals surface area contributed by atoms with Gasteiger partial charge in [-0.25, -0.2) is 4.68 Å². The van der Waals surface area contributed by atoms with Crippen molar-refractivity contribution in [3.8, 4) is 0 Å². The molecule has 1 aromatic heterocycles. The minimum Gasteiger partial charge on any atom is -0.381 e. The van der Waals surface area contributed by atoms with Crippen LogP contribution in [-0.2, 0) is 16.0 Å². The third-order valence-corrected chi connectivity index (χ3v) is 3.28. The largest absolute Gasteiger partial charge is 0.381 e. The molecule has 1 aliphatic heterocycles. The molecule has 0 radical (unpaired) electrons. The summed E-state index contributed by atoms with van der Waals surface area (Å²) in [5.74, 6) is -0.0282. The van der Waals surface area contributed by atoms with Gasteiger partial charge in [0.2, 0.25) is 5.78 Å². The number of nitrogens with zero attached hydrogens (tertiary/aromatic N) is 3. The summed E-state index contributed by atoms with van der Waals surface area (Å²) in [4.78, 5) is 12.7. The third-order valence-electron chi connectivity index (χ3n) is 3.28. The Bertz CT molecular complexity index is 405. The van der Waals surface area contributed by atoms with Crippen LogP contribution in [0.4, 0.5) is 0 Å². The molecule has 1 fully saturated rings. The number of hydrogen-bond acceptors (Lipinski definition) is 5. The summed E-state index contributed by atoms with van der Waals surface area (Å²) in [6, 6.07) is 0. The number of aromatic nitrogens is 3. The highest BCUT2D eigenvalue weighted by atomic mass is 16.5. The lowest BCUT2D eigenvalue weighted by molar-refractivity contribution is -0.0826. The van der Waals surface area contributed by atoms with E-state index in [0.717, 1.165) is 0 Å². The summed E-state index contributed by atoms with van der Waals surface area (Å²) in [5, 5.41) is 7.71. The third kappa shape index (κ3) is 2.30. The van der Waals surface area contributed by atoms with Gasteiger partial charge >= 0.3 is 0 Å². The maximum absolute atomic E-state index is 12.7. The zero-order valence-corrected chi connectivity index (χ0v) is 10.9. The van der Waals surface area contributed by atoms with Gasteiger partial charge in [-0.1, -0.05) is 5.21 Å². The van der Waals surface area contributed by atoms with Gasteiger partial charge in [0.25, 0.3) is 0 Å². The Morgan fingerprint density at radius 2 is 2.22 bits per heavy atom. The molecule has 2 heterocycles. The van der Waals surface area contributed by atoms with E-state index in [2.05, 4.69) is 10.3 Å². The molecule has 0 atom stereocenters. The van der Waals surface area contributed by atoms with E-state index in [1.165, 1.54) is 6.20 Å². The minimum absolute atomic E-state index is 0.0282. The van der Waals surface area contributed by atoms with Gasteiger partial charge < -0.3 is 9.47 Å². The zero-order chi connectivity index (χ0) is 13.0. The van der Waals surface area contributed by atoms with Crippen LogP contribution < -0.4 is 0 Å². The van der Waals surface area contributed by atoms with Gasteiger partial charge in [0.05, 0.1) is 6.20 Å². The van der Waals surface area contributed by atoms with Crippen molar-refractivity contribution >= 4 is 5.78 Å². The summed E-state index contributed by atoms with van der Waals surface area (Å²) in [7, 11) is 0. The van der Waals surface area contributed by atoms with Crippen LogP contribution in [0.1, 0.15) is 37.2 Å². The topological polar surface area (TPSA) is 66.2 Å². The summed E-state index contributed by atoms with van der Waals surface area (Å²) < 4.78 is 12.7. The highest BCUT2D eigenvalue weighted by molar-refractivity contribution is 6.01. The quantitative estimate of drug-likeness (QED) is 0.734. The van der Waals surface area contributed by atoms with Crippen molar-refractivity contribution in [3.05, 3.63) is 11.9 Å². The van der Waals surface area contributed by atoms with Crippen molar-refractivity contribution in [2.45, 2.75) is 38.8 Å². The lowest BCUT2D eigenvalue weighted by Gasteiger charge is -2.35. The zero-order valence-electron chi connectivity index (χ0n) is 10.9. The molecular weight excluding hydrogens is 234 g/mol. The smallest absolute Gasteiger partial charge is 0.214 e. The van der Waals surface area contributed by atoms with Crippen molar-refractivity contribution in [2.75, 3.05) is 19.8 Å². The Kier molecular flexibility index (Phi) is 4.08. The molecule has 0 aliphatic carbocycles. The average molecular weight is 253 g/mol. The molecule has 0 amide bonds. The van der Waals surface area contributed by atoms with Crippen LogP contribution >= 0.6 is 0 Å². The maximum atomic E-state index is 12.7. The predicted octanol–water partition coefficient (Wildman–Crippen LogP) is 1.07. The maximum Gasteiger partial charge on any atom is 0.214 e. The Balaban J connectivity index is 2.28. The first kappa shape index (κ1) is 13.2. The van der Waals surface area contributed by atoms with Crippen molar-refractivity contribution < 1.29 is 14.3 Å². The van der Waals surface area contributed by atoms with Gasteiger partial charge in [0, 0.05) is 39.2 Å². The van der Waals surface area contributed by atoms with Gasteiger partial charge in [-0.15, -0.1) is 5.10 Å². The van der Waals surface area contributed by atoms with Crippen LogP contribution in [0.2, 0.25) is 0 Å². The summed E-state index contributed by atoms with van der Waals surface area (Å²) in [6.07, 6.45) is 2.70. The highest BCUT2D eigenvalue weighted by Gasteiger charge is 2.42. The first-order valence-electron chi connectivity index (χ1n) is 6.38. The molecule has 0 spiro atoms.